The number of methoxy groups -OCH3 is 1. The summed E-state index contributed by atoms with van der Waals surface area (Å²) in [5, 5.41) is 0. The lowest BCUT2D eigenvalue weighted by molar-refractivity contribution is 0.0600. The Bertz CT molecular complexity index is 442. The number of hydrogen-bond acceptors (Lipinski definition) is 5. The van der Waals surface area contributed by atoms with Crippen molar-refractivity contribution in [2.24, 2.45) is 0 Å². The van der Waals surface area contributed by atoms with Gasteiger partial charge in [-0.1, -0.05) is 0 Å². The summed E-state index contributed by atoms with van der Waals surface area (Å²) < 4.78 is 10.3. The number of nitrogens with two attached hydrogens (primary N) is 1. The van der Waals surface area contributed by atoms with Crippen molar-refractivity contribution in [3.05, 3.63) is 23.8 Å². The van der Waals surface area contributed by atoms with Crippen LogP contribution in [0.5, 0.6) is 5.75 Å². The summed E-state index contributed by atoms with van der Waals surface area (Å²) in [5.41, 5.74) is 6.82. The number of carbonyl (C=O) groups is 1. The van der Waals surface area contributed by atoms with Gasteiger partial charge >= 0.3 is 5.97 Å². The summed E-state index contributed by atoms with van der Waals surface area (Å²) in [5.74, 6) is 0.159. The molecule has 0 amide bonds. The third-order valence-corrected chi connectivity index (χ3v) is 3.30. The average Bonchev–Trinajstić information content (AvgIpc) is 2.93. The first-order valence-corrected chi connectivity index (χ1v) is 6.53. The van der Waals surface area contributed by atoms with Crippen molar-refractivity contribution in [2.45, 2.75) is 12.8 Å². The van der Waals surface area contributed by atoms with Crippen molar-refractivity contribution in [2.75, 3.05) is 39.1 Å². The Morgan fingerprint density at radius 3 is 2.79 bits per heavy atom. The zero-order valence-electron chi connectivity index (χ0n) is 11.2. The Labute approximate surface area is 113 Å². The van der Waals surface area contributed by atoms with Crippen molar-refractivity contribution in [1.29, 1.82) is 0 Å². The molecule has 2 rings (SSSR count). The van der Waals surface area contributed by atoms with Gasteiger partial charge in [0.1, 0.15) is 12.4 Å². The number of likely N-dealkylation sites (tertiary alicyclic amines) is 1. The summed E-state index contributed by atoms with van der Waals surface area (Å²) in [6.07, 6.45) is 2.53. The van der Waals surface area contributed by atoms with Crippen LogP contribution in [0.3, 0.4) is 0 Å². The van der Waals surface area contributed by atoms with E-state index in [1.54, 1.807) is 18.2 Å². The van der Waals surface area contributed by atoms with Gasteiger partial charge in [-0.2, -0.15) is 0 Å². The van der Waals surface area contributed by atoms with E-state index in [4.69, 9.17) is 10.5 Å². The smallest absolute Gasteiger partial charge is 0.337 e. The second-order valence-corrected chi connectivity index (χ2v) is 4.64. The Kier molecular flexibility index (Phi) is 4.63. The highest BCUT2D eigenvalue weighted by atomic mass is 16.5. The van der Waals surface area contributed by atoms with Gasteiger partial charge in [-0.3, -0.25) is 4.90 Å². The van der Waals surface area contributed by atoms with Gasteiger partial charge in [0, 0.05) is 6.54 Å². The first kappa shape index (κ1) is 13.7. The highest BCUT2D eigenvalue weighted by molar-refractivity contribution is 5.90. The lowest BCUT2D eigenvalue weighted by atomic mass is 10.2. The zero-order chi connectivity index (χ0) is 13.7. The monoisotopic (exact) mass is 264 g/mol. The molecule has 0 spiro atoms. The molecular weight excluding hydrogens is 244 g/mol. The van der Waals surface area contributed by atoms with Crippen LogP contribution in [0.25, 0.3) is 0 Å². The fourth-order valence-electron chi connectivity index (χ4n) is 2.20. The molecule has 1 heterocycles. The highest BCUT2D eigenvalue weighted by Crippen LogP contribution is 2.23. The summed E-state index contributed by atoms with van der Waals surface area (Å²) >= 11 is 0. The van der Waals surface area contributed by atoms with Crippen LogP contribution in [0.2, 0.25) is 0 Å². The van der Waals surface area contributed by atoms with E-state index < -0.39 is 0 Å². The van der Waals surface area contributed by atoms with Crippen LogP contribution < -0.4 is 10.5 Å². The molecule has 1 aliphatic rings. The summed E-state index contributed by atoms with van der Waals surface area (Å²) in [7, 11) is 1.35. The van der Waals surface area contributed by atoms with Gasteiger partial charge in [-0.15, -0.1) is 0 Å². The van der Waals surface area contributed by atoms with E-state index in [1.165, 1.54) is 20.0 Å². The second kappa shape index (κ2) is 6.43. The number of rotatable bonds is 5. The molecule has 0 radical (unpaired) electrons. The summed E-state index contributed by atoms with van der Waals surface area (Å²) in [6, 6.07) is 4.93. The molecular formula is C14H20N2O3. The van der Waals surface area contributed by atoms with Crippen LogP contribution in [-0.4, -0.2) is 44.2 Å². The minimum Gasteiger partial charge on any atom is -0.490 e. The lowest BCUT2D eigenvalue weighted by Gasteiger charge is -2.16. The summed E-state index contributed by atoms with van der Waals surface area (Å²) in [6.45, 7) is 3.75. The number of benzene rings is 1. The molecule has 5 nitrogen and oxygen atoms in total. The Hall–Kier alpha value is -1.75. The van der Waals surface area contributed by atoms with Gasteiger partial charge in [0.25, 0.3) is 0 Å². The van der Waals surface area contributed by atoms with E-state index in [0.717, 1.165) is 19.6 Å². The van der Waals surface area contributed by atoms with Crippen molar-refractivity contribution in [1.82, 2.24) is 4.90 Å². The Morgan fingerprint density at radius 1 is 1.37 bits per heavy atom. The first-order valence-electron chi connectivity index (χ1n) is 6.53. The maximum atomic E-state index is 11.4. The Balaban J connectivity index is 1.92. The van der Waals surface area contributed by atoms with Crippen molar-refractivity contribution >= 4 is 11.7 Å². The number of nitrogen functional groups attached to an aromatic ring is 1. The predicted molar refractivity (Wildman–Crippen MR) is 73.4 cm³/mol. The second-order valence-electron chi connectivity index (χ2n) is 4.64. The van der Waals surface area contributed by atoms with Crippen molar-refractivity contribution in [3.63, 3.8) is 0 Å². The maximum absolute atomic E-state index is 11.4. The molecule has 1 aromatic rings. The zero-order valence-corrected chi connectivity index (χ0v) is 11.2. The van der Waals surface area contributed by atoms with E-state index in [-0.39, 0.29) is 5.97 Å². The van der Waals surface area contributed by atoms with E-state index in [9.17, 15) is 4.79 Å². The van der Waals surface area contributed by atoms with Crippen LogP contribution in [-0.2, 0) is 4.74 Å². The largest absolute Gasteiger partial charge is 0.490 e. The van der Waals surface area contributed by atoms with E-state index in [0.29, 0.717) is 23.6 Å². The molecule has 0 unspecified atom stereocenters. The van der Waals surface area contributed by atoms with Gasteiger partial charge in [-0.25, -0.2) is 4.79 Å². The normalized spacial score (nSPS) is 15.4. The van der Waals surface area contributed by atoms with Gasteiger partial charge in [0.2, 0.25) is 0 Å². The van der Waals surface area contributed by atoms with Crippen LogP contribution in [0.1, 0.15) is 23.2 Å². The fraction of sp³-hybridized carbons (Fsp3) is 0.500. The Morgan fingerprint density at radius 2 is 2.11 bits per heavy atom. The van der Waals surface area contributed by atoms with E-state index in [2.05, 4.69) is 9.64 Å². The number of carbonyl (C=O) groups excluding carboxylic acids is 1. The third-order valence-electron chi connectivity index (χ3n) is 3.30. The van der Waals surface area contributed by atoms with Crippen LogP contribution in [0, 0.1) is 0 Å². The number of esters is 1. The molecule has 0 saturated carbocycles. The molecule has 1 aromatic carbocycles. The highest BCUT2D eigenvalue weighted by Gasteiger charge is 2.12. The molecule has 2 N–H and O–H groups in total. The van der Waals surface area contributed by atoms with Gasteiger partial charge < -0.3 is 15.2 Å². The topological polar surface area (TPSA) is 64.8 Å². The SMILES string of the molecule is COC(=O)c1ccc(N)c(OCCN2CCCC2)c1. The van der Waals surface area contributed by atoms with Crippen molar-refractivity contribution in [3.8, 4) is 5.75 Å². The molecule has 0 aliphatic carbocycles. The summed E-state index contributed by atoms with van der Waals surface area (Å²) in [4.78, 5) is 13.8. The number of ether oxygens (including phenoxy) is 2. The number of hydrogen-bond donors (Lipinski definition) is 1. The first-order chi connectivity index (χ1) is 9.20. The maximum Gasteiger partial charge on any atom is 0.337 e. The molecule has 0 bridgehead atoms. The fourth-order valence-corrected chi connectivity index (χ4v) is 2.20. The van der Waals surface area contributed by atoms with Gasteiger partial charge in [-0.05, 0) is 44.1 Å². The molecule has 0 atom stereocenters. The minimum absolute atomic E-state index is 0.385. The molecule has 19 heavy (non-hydrogen) atoms. The molecule has 0 aromatic heterocycles. The van der Waals surface area contributed by atoms with Gasteiger partial charge in [0.15, 0.2) is 0 Å². The number of nitrogens with zero attached hydrogens (tertiary/aromatic N) is 1. The molecule has 1 aliphatic heterocycles. The predicted octanol–water partition coefficient (Wildman–Crippen LogP) is 1.53. The standard InChI is InChI=1S/C14H20N2O3/c1-18-14(17)11-4-5-12(15)13(10-11)19-9-8-16-6-2-3-7-16/h4-5,10H,2-3,6-9,15H2,1H3. The van der Waals surface area contributed by atoms with E-state index >= 15 is 0 Å². The van der Waals surface area contributed by atoms with Crippen LogP contribution in [0.4, 0.5) is 5.69 Å². The van der Waals surface area contributed by atoms with Crippen LogP contribution >= 0.6 is 0 Å². The minimum atomic E-state index is -0.385. The van der Waals surface area contributed by atoms with Crippen molar-refractivity contribution < 1.29 is 14.3 Å². The van der Waals surface area contributed by atoms with E-state index in [1.807, 2.05) is 0 Å². The number of anilines is 1. The third kappa shape index (κ3) is 3.61. The molecule has 5 heteroatoms. The molecule has 104 valence electrons. The average molecular weight is 264 g/mol. The van der Waals surface area contributed by atoms with Crippen LogP contribution in [0.15, 0.2) is 18.2 Å². The van der Waals surface area contributed by atoms with Gasteiger partial charge in [0.05, 0.1) is 18.4 Å². The quantitative estimate of drug-likeness (QED) is 0.645. The lowest BCUT2D eigenvalue weighted by Crippen LogP contribution is -2.25. The molecule has 1 fully saturated rings. The molecule has 1 saturated heterocycles.